The molecule has 0 radical (unpaired) electrons. The molecular weight excluding hydrogens is 338 g/mol. The van der Waals surface area contributed by atoms with Crippen molar-refractivity contribution in [2.75, 3.05) is 38.1 Å². The molecule has 1 amide bonds. The largest absolute Gasteiger partial charge is 0.448 e. The molecule has 27 heavy (non-hydrogen) atoms. The molecule has 0 aliphatic carbocycles. The number of furan rings is 1. The Balaban J connectivity index is 1.89. The van der Waals surface area contributed by atoms with Crippen LogP contribution in [0.1, 0.15) is 27.2 Å². The minimum Gasteiger partial charge on any atom is -0.448 e. The highest BCUT2D eigenvalue weighted by Gasteiger charge is 2.24. The lowest BCUT2D eigenvalue weighted by atomic mass is 9.99. The monoisotopic (exact) mass is 363 g/mol. The normalized spacial score (nSPS) is 14.5. The fraction of sp³-hybridized carbons (Fsp3) is 0.318. The van der Waals surface area contributed by atoms with Crippen LogP contribution < -0.4 is 15.5 Å². The minimum absolute atomic E-state index is 0.180. The SMILES string of the molecule is CNC(=O)c1oc2c(N3CCNCC3)cc(C)cc2c1Cc1ccccc1. The number of piperazine rings is 1. The van der Waals surface area contributed by atoms with Crippen LogP contribution in [0.2, 0.25) is 0 Å². The van der Waals surface area contributed by atoms with Crippen LogP contribution in [-0.4, -0.2) is 39.1 Å². The topological polar surface area (TPSA) is 57.5 Å². The first-order chi connectivity index (χ1) is 13.2. The molecule has 140 valence electrons. The van der Waals surface area contributed by atoms with E-state index in [-0.39, 0.29) is 5.91 Å². The number of amides is 1. The van der Waals surface area contributed by atoms with Crippen LogP contribution in [0.5, 0.6) is 0 Å². The van der Waals surface area contributed by atoms with Gasteiger partial charge in [-0.2, -0.15) is 0 Å². The Morgan fingerprint density at radius 1 is 1.19 bits per heavy atom. The third kappa shape index (κ3) is 3.43. The van der Waals surface area contributed by atoms with Crippen molar-refractivity contribution in [1.29, 1.82) is 0 Å². The van der Waals surface area contributed by atoms with Crippen LogP contribution in [0.25, 0.3) is 11.0 Å². The smallest absolute Gasteiger partial charge is 0.287 e. The fourth-order valence-corrected chi connectivity index (χ4v) is 3.78. The van der Waals surface area contributed by atoms with Crippen molar-refractivity contribution in [2.45, 2.75) is 13.3 Å². The number of aryl methyl sites for hydroxylation is 1. The molecule has 1 aliphatic heterocycles. The van der Waals surface area contributed by atoms with Gasteiger partial charge >= 0.3 is 0 Å². The van der Waals surface area contributed by atoms with Crippen molar-refractivity contribution in [2.24, 2.45) is 0 Å². The van der Waals surface area contributed by atoms with Gasteiger partial charge in [-0.3, -0.25) is 4.79 Å². The zero-order chi connectivity index (χ0) is 18.8. The predicted octanol–water partition coefficient (Wildman–Crippen LogP) is 3.10. The number of carbonyl (C=O) groups is 1. The van der Waals surface area contributed by atoms with E-state index in [2.05, 4.69) is 46.7 Å². The highest BCUT2D eigenvalue weighted by Crippen LogP contribution is 2.36. The average molecular weight is 363 g/mol. The Labute approximate surface area is 159 Å². The minimum atomic E-state index is -0.180. The molecular formula is C22H25N3O2. The third-order valence-electron chi connectivity index (χ3n) is 5.13. The molecule has 0 spiro atoms. The lowest BCUT2D eigenvalue weighted by molar-refractivity contribution is 0.0936. The fourth-order valence-electron chi connectivity index (χ4n) is 3.78. The van der Waals surface area contributed by atoms with E-state index in [1.165, 1.54) is 5.56 Å². The van der Waals surface area contributed by atoms with E-state index < -0.39 is 0 Å². The van der Waals surface area contributed by atoms with Gasteiger partial charge < -0.3 is 20.0 Å². The lowest BCUT2D eigenvalue weighted by Gasteiger charge is -2.29. The Morgan fingerprint density at radius 3 is 2.63 bits per heavy atom. The summed E-state index contributed by atoms with van der Waals surface area (Å²) < 4.78 is 6.19. The molecule has 0 unspecified atom stereocenters. The summed E-state index contributed by atoms with van der Waals surface area (Å²) in [6.07, 6.45) is 0.668. The summed E-state index contributed by atoms with van der Waals surface area (Å²) in [4.78, 5) is 14.9. The lowest BCUT2D eigenvalue weighted by Crippen LogP contribution is -2.43. The van der Waals surface area contributed by atoms with Crippen molar-refractivity contribution >= 4 is 22.6 Å². The number of rotatable bonds is 4. The van der Waals surface area contributed by atoms with Crippen molar-refractivity contribution < 1.29 is 9.21 Å². The van der Waals surface area contributed by atoms with Crippen molar-refractivity contribution in [3.63, 3.8) is 0 Å². The molecule has 2 N–H and O–H groups in total. The summed E-state index contributed by atoms with van der Waals surface area (Å²) in [5.41, 5.74) is 5.18. The maximum atomic E-state index is 12.5. The summed E-state index contributed by atoms with van der Waals surface area (Å²) in [7, 11) is 1.64. The molecule has 0 saturated carbocycles. The van der Waals surface area contributed by atoms with Crippen LogP contribution >= 0.6 is 0 Å². The van der Waals surface area contributed by atoms with Gasteiger partial charge in [0.15, 0.2) is 11.3 Å². The van der Waals surface area contributed by atoms with Crippen LogP contribution in [0, 0.1) is 6.92 Å². The number of nitrogens with zero attached hydrogens (tertiary/aromatic N) is 1. The third-order valence-corrected chi connectivity index (χ3v) is 5.13. The van der Waals surface area contributed by atoms with Gasteiger partial charge in [0.2, 0.25) is 0 Å². The number of nitrogens with one attached hydrogen (secondary N) is 2. The zero-order valence-electron chi connectivity index (χ0n) is 15.8. The number of hydrogen-bond donors (Lipinski definition) is 2. The maximum Gasteiger partial charge on any atom is 0.287 e. The van der Waals surface area contributed by atoms with Crippen LogP contribution in [0.3, 0.4) is 0 Å². The van der Waals surface area contributed by atoms with Crippen molar-refractivity contribution in [3.8, 4) is 0 Å². The van der Waals surface area contributed by atoms with E-state index in [1.54, 1.807) is 7.05 Å². The molecule has 5 heteroatoms. The van der Waals surface area contributed by atoms with Gasteiger partial charge in [0.1, 0.15) is 0 Å². The number of carbonyl (C=O) groups excluding carboxylic acids is 1. The molecule has 0 bridgehead atoms. The van der Waals surface area contributed by atoms with Gasteiger partial charge in [0, 0.05) is 50.6 Å². The second-order valence-electron chi connectivity index (χ2n) is 7.05. The van der Waals surface area contributed by atoms with Crippen molar-refractivity contribution in [3.05, 3.63) is 64.9 Å². The van der Waals surface area contributed by atoms with Gasteiger partial charge in [-0.05, 0) is 30.2 Å². The van der Waals surface area contributed by atoms with E-state index >= 15 is 0 Å². The van der Waals surface area contributed by atoms with Gasteiger partial charge in [0.25, 0.3) is 5.91 Å². The van der Waals surface area contributed by atoms with Gasteiger partial charge in [-0.1, -0.05) is 30.3 Å². The second kappa shape index (κ2) is 7.45. The summed E-state index contributed by atoms with van der Waals surface area (Å²) in [6, 6.07) is 14.5. The van der Waals surface area contributed by atoms with E-state index in [1.807, 2.05) is 18.2 Å². The van der Waals surface area contributed by atoms with E-state index in [9.17, 15) is 4.79 Å². The quantitative estimate of drug-likeness (QED) is 0.748. The second-order valence-corrected chi connectivity index (χ2v) is 7.05. The summed E-state index contributed by atoms with van der Waals surface area (Å²) >= 11 is 0. The van der Waals surface area contributed by atoms with E-state index in [0.29, 0.717) is 12.2 Å². The van der Waals surface area contributed by atoms with Gasteiger partial charge in [-0.15, -0.1) is 0 Å². The van der Waals surface area contributed by atoms with Crippen LogP contribution in [0.4, 0.5) is 5.69 Å². The molecule has 1 aliphatic rings. The van der Waals surface area contributed by atoms with Crippen LogP contribution in [0.15, 0.2) is 46.9 Å². The Hall–Kier alpha value is -2.79. The van der Waals surface area contributed by atoms with Gasteiger partial charge in [-0.25, -0.2) is 0 Å². The standard InChI is InChI=1S/C22H25N3O2/c1-15-12-17-18(14-16-6-4-3-5-7-16)21(22(26)23-2)27-20(17)19(13-15)25-10-8-24-9-11-25/h3-7,12-13,24H,8-11,14H2,1-2H3,(H,23,26). The first-order valence-electron chi connectivity index (χ1n) is 9.45. The number of benzene rings is 2. The number of fused-ring (bicyclic) bond motifs is 1. The van der Waals surface area contributed by atoms with Crippen LogP contribution in [-0.2, 0) is 6.42 Å². The number of anilines is 1. The molecule has 1 aromatic heterocycles. The molecule has 4 rings (SSSR count). The molecule has 0 atom stereocenters. The summed E-state index contributed by atoms with van der Waals surface area (Å²) in [6.45, 7) is 5.87. The molecule has 3 aromatic rings. The zero-order valence-corrected chi connectivity index (χ0v) is 15.8. The first kappa shape index (κ1) is 17.6. The summed E-state index contributed by atoms with van der Waals surface area (Å²) in [5.74, 6) is 0.236. The molecule has 2 aromatic carbocycles. The van der Waals surface area contributed by atoms with E-state index in [0.717, 1.165) is 54.0 Å². The number of hydrogen-bond acceptors (Lipinski definition) is 4. The first-order valence-corrected chi connectivity index (χ1v) is 9.45. The molecule has 1 saturated heterocycles. The van der Waals surface area contributed by atoms with E-state index in [4.69, 9.17) is 4.42 Å². The Morgan fingerprint density at radius 2 is 1.93 bits per heavy atom. The molecule has 5 nitrogen and oxygen atoms in total. The Kier molecular flexibility index (Phi) is 4.86. The highest BCUT2D eigenvalue weighted by molar-refractivity contribution is 6.02. The Bertz CT molecular complexity index is 957. The molecule has 2 heterocycles. The highest BCUT2D eigenvalue weighted by atomic mass is 16.3. The van der Waals surface area contributed by atoms with Crippen molar-refractivity contribution in [1.82, 2.24) is 10.6 Å². The van der Waals surface area contributed by atoms with Gasteiger partial charge in [0.05, 0.1) is 5.69 Å². The molecule has 1 fully saturated rings. The summed E-state index contributed by atoms with van der Waals surface area (Å²) in [5, 5.41) is 7.15. The predicted molar refractivity (Wildman–Crippen MR) is 109 cm³/mol. The maximum absolute atomic E-state index is 12.5. The average Bonchev–Trinajstić information content (AvgIpc) is 3.06.